The highest BCUT2D eigenvalue weighted by atomic mass is 35.5. The summed E-state index contributed by atoms with van der Waals surface area (Å²) in [5, 5.41) is 8.24. The third kappa shape index (κ3) is 8.72. The summed E-state index contributed by atoms with van der Waals surface area (Å²) in [6.45, 7) is 2.37. The van der Waals surface area contributed by atoms with Crippen LogP contribution < -0.4 is 21.7 Å². The van der Waals surface area contributed by atoms with Crippen LogP contribution in [0, 0.1) is 0 Å². The third-order valence-corrected chi connectivity index (χ3v) is 3.53. The molecule has 0 aliphatic rings. The van der Waals surface area contributed by atoms with Gasteiger partial charge < -0.3 is 21.7 Å². The average Bonchev–Trinajstić information content (AvgIpc) is 2.61. The van der Waals surface area contributed by atoms with Crippen molar-refractivity contribution in [1.82, 2.24) is 10.3 Å². The average molecular weight is 414 g/mol. The van der Waals surface area contributed by atoms with Gasteiger partial charge >= 0.3 is 6.03 Å². The number of amides is 3. The SMILES string of the molecule is CCCC(N)C(=O)Nc1cccc(NC(=O)NCc2ccncc2)c1.Cl.Cl. The molecule has 1 atom stereocenters. The van der Waals surface area contributed by atoms with Gasteiger partial charge in [0, 0.05) is 30.3 Å². The molecule has 0 spiro atoms. The van der Waals surface area contributed by atoms with Crippen LogP contribution in [0.1, 0.15) is 25.3 Å². The fourth-order valence-electron chi connectivity index (χ4n) is 2.21. The zero-order valence-corrected chi connectivity index (χ0v) is 16.6. The molecule has 0 fully saturated rings. The van der Waals surface area contributed by atoms with Gasteiger partial charge in [-0.3, -0.25) is 9.78 Å². The smallest absolute Gasteiger partial charge is 0.319 e. The summed E-state index contributed by atoms with van der Waals surface area (Å²) >= 11 is 0. The van der Waals surface area contributed by atoms with Gasteiger partial charge in [0.05, 0.1) is 6.04 Å². The van der Waals surface area contributed by atoms with E-state index in [2.05, 4.69) is 20.9 Å². The van der Waals surface area contributed by atoms with Crippen molar-refractivity contribution < 1.29 is 9.59 Å². The molecule has 0 bridgehead atoms. The van der Waals surface area contributed by atoms with Crippen molar-refractivity contribution in [3.63, 3.8) is 0 Å². The molecule has 0 radical (unpaired) electrons. The molecule has 7 nitrogen and oxygen atoms in total. The van der Waals surface area contributed by atoms with Crippen LogP contribution in [0.15, 0.2) is 48.8 Å². The second-order valence-corrected chi connectivity index (χ2v) is 5.63. The van der Waals surface area contributed by atoms with E-state index < -0.39 is 6.04 Å². The molecule has 148 valence electrons. The van der Waals surface area contributed by atoms with Crippen molar-refractivity contribution in [3.8, 4) is 0 Å². The molecule has 1 heterocycles. The van der Waals surface area contributed by atoms with Gasteiger partial charge in [-0.2, -0.15) is 0 Å². The number of hydrogen-bond acceptors (Lipinski definition) is 4. The first-order valence-corrected chi connectivity index (χ1v) is 8.18. The number of rotatable bonds is 7. The van der Waals surface area contributed by atoms with Crippen LogP contribution in [0.3, 0.4) is 0 Å². The van der Waals surface area contributed by atoms with Gasteiger partial charge in [-0.15, -0.1) is 24.8 Å². The van der Waals surface area contributed by atoms with Crippen LogP contribution in [-0.2, 0) is 11.3 Å². The molecule has 1 aromatic heterocycles. The standard InChI is InChI=1S/C18H23N5O2.2ClH/c1-2-4-16(19)17(24)22-14-5-3-6-15(11-14)23-18(25)21-12-13-7-9-20-10-8-13;;/h3,5-11,16H,2,4,12,19H2,1H3,(H,22,24)(H2,21,23,25);2*1H. The number of carbonyl (C=O) groups excluding carboxylic acids is 2. The molecular formula is C18H25Cl2N5O2. The molecule has 1 unspecified atom stereocenters. The van der Waals surface area contributed by atoms with E-state index in [-0.39, 0.29) is 36.8 Å². The molecule has 1 aromatic carbocycles. The highest BCUT2D eigenvalue weighted by molar-refractivity contribution is 5.96. The highest BCUT2D eigenvalue weighted by Crippen LogP contribution is 2.15. The van der Waals surface area contributed by atoms with Crippen molar-refractivity contribution in [1.29, 1.82) is 0 Å². The lowest BCUT2D eigenvalue weighted by Crippen LogP contribution is -2.35. The topological polar surface area (TPSA) is 109 Å². The van der Waals surface area contributed by atoms with Crippen LogP contribution in [0.2, 0.25) is 0 Å². The largest absolute Gasteiger partial charge is 0.334 e. The second-order valence-electron chi connectivity index (χ2n) is 5.63. The van der Waals surface area contributed by atoms with Crippen molar-refractivity contribution in [3.05, 3.63) is 54.4 Å². The number of nitrogens with one attached hydrogen (secondary N) is 3. The zero-order chi connectivity index (χ0) is 18.1. The Kier molecular flexibility index (Phi) is 11.8. The minimum Gasteiger partial charge on any atom is -0.334 e. The summed E-state index contributed by atoms with van der Waals surface area (Å²) in [6.07, 6.45) is 4.81. The molecule has 0 aliphatic heterocycles. The van der Waals surface area contributed by atoms with Crippen LogP contribution >= 0.6 is 24.8 Å². The lowest BCUT2D eigenvalue weighted by atomic mass is 10.1. The van der Waals surface area contributed by atoms with Crippen molar-refractivity contribution in [2.24, 2.45) is 5.73 Å². The summed E-state index contributed by atoms with van der Waals surface area (Å²) < 4.78 is 0. The summed E-state index contributed by atoms with van der Waals surface area (Å²) in [6, 6.07) is 9.71. The fourth-order valence-corrected chi connectivity index (χ4v) is 2.21. The summed E-state index contributed by atoms with van der Waals surface area (Å²) in [5.41, 5.74) is 7.91. The quantitative estimate of drug-likeness (QED) is 0.557. The van der Waals surface area contributed by atoms with E-state index in [4.69, 9.17) is 5.73 Å². The molecule has 0 aliphatic carbocycles. The Hall–Kier alpha value is -2.35. The molecule has 3 amide bonds. The van der Waals surface area contributed by atoms with E-state index >= 15 is 0 Å². The number of benzene rings is 1. The normalized spacial score (nSPS) is 10.6. The fraction of sp³-hybridized carbons (Fsp3) is 0.278. The first-order chi connectivity index (χ1) is 12.1. The number of urea groups is 1. The van der Waals surface area contributed by atoms with Crippen LogP contribution in [0.25, 0.3) is 0 Å². The number of halogens is 2. The predicted molar refractivity (Wildman–Crippen MR) is 113 cm³/mol. The van der Waals surface area contributed by atoms with E-state index in [1.807, 2.05) is 19.1 Å². The van der Waals surface area contributed by atoms with E-state index in [1.165, 1.54) is 0 Å². The number of anilines is 2. The van der Waals surface area contributed by atoms with Crippen LogP contribution in [-0.4, -0.2) is 23.0 Å². The maximum Gasteiger partial charge on any atom is 0.319 e. The Bertz CT molecular complexity index is 716. The van der Waals surface area contributed by atoms with Gasteiger partial charge in [0.2, 0.25) is 5.91 Å². The molecule has 9 heteroatoms. The lowest BCUT2D eigenvalue weighted by molar-refractivity contribution is -0.117. The predicted octanol–water partition coefficient (Wildman–Crippen LogP) is 3.31. The van der Waals surface area contributed by atoms with Crippen LogP contribution in [0.4, 0.5) is 16.2 Å². The second kappa shape index (κ2) is 12.9. The van der Waals surface area contributed by atoms with E-state index in [9.17, 15) is 9.59 Å². The molecule has 2 rings (SSSR count). The highest BCUT2D eigenvalue weighted by Gasteiger charge is 2.12. The Balaban J connectivity index is 0.00000338. The Morgan fingerprint density at radius 3 is 2.33 bits per heavy atom. The lowest BCUT2D eigenvalue weighted by Gasteiger charge is -2.13. The van der Waals surface area contributed by atoms with Gasteiger partial charge in [0.25, 0.3) is 0 Å². The molecule has 27 heavy (non-hydrogen) atoms. The number of pyridine rings is 1. The molecular weight excluding hydrogens is 389 g/mol. The van der Waals surface area contributed by atoms with Crippen molar-refractivity contribution in [2.75, 3.05) is 10.6 Å². The van der Waals surface area contributed by atoms with Gasteiger partial charge in [-0.05, 0) is 42.3 Å². The minimum absolute atomic E-state index is 0. The Labute approximate surface area is 171 Å². The van der Waals surface area contributed by atoms with E-state index in [0.29, 0.717) is 24.3 Å². The first kappa shape index (κ1) is 24.7. The summed E-state index contributed by atoms with van der Waals surface area (Å²) in [7, 11) is 0. The van der Waals surface area contributed by atoms with Crippen molar-refractivity contribution >= 4 is 48.1 Å². The molecule has 5 N–H and O–H groups in total. The van der Waals surface area contributed by atoms with Gasteiger partial charge in [-0.1, -0.05) is 19.4 Å². The number of nitrogens with two attached hydrogens (primary N) is 1. The molecule has 0 saturated heterocycles. The molecule has 0 saturated carbocycles. The van der Waals surface area contributed by atoms with Gasteiger partial charge in [0.1, 0.15) is 0 Å². The number of hydrogen-bond donors (Lipinski definition) is 4. The van der Waals surface area contributed by atoms with E-state index in [0.717, 1.165) is 12.0 Å². The summed E-state index contributed by atoms with van der Waals surface area (Å²) in [5.74, 6) is -0.235. The van der Waals surface area contributed by atoms with Gasteiger partial charge in [0.15, 0.2) is 0 Å². The van der Waals surface area contributed by atoms with E-state index in [1.54, 1.807) is 36.7 Å². The number of carbonyl (C=O) groups is 2. The van der Waals surface area contributed by atoms with Crippen LogP contribution in [0.5, 0.6) is 0 Å². The maximum atomic E-state index is 12.0. The summed E-state index contributed by atoms with van der Waals surface area (Å²) in [4.78, 5) is 27.8. The monoisotopic (exact) mass is 413 g/mol. The van der Waals surface area contributed by atoms with Crippen molar-refractivity contribution in [2.45, 2.75) is 32.4 Å². The number of aromatic nitrogens is 1. The number of nitrogens with zero attached hydrogens (tertiary/aromatic N) is 1. The third-order valence-electron chi connectivity index (χ3n) is 3.53. The molecule has 2 aromatic rings. The first-order valence-electron chi connectivity index (χ1n) is 8.18. The van der Waals surface area contributed by atoms with Gasteiger partial charge in [-0.25, -0.2) is 4.79 Å². The maximum absolute atomic E-state index is 12.0. The Morgan fingerprint density at radius 2 is 1.70 bits per heavy atom. The minimum atomic E-state index is -0.537. The zero-order valence-electron chi connectivity index (χ0n) is 15.0. The Morgan fingerprint density at radius 1 is 1.07 bits per heavy atom.